The summed E-state index contributed by atoms with van der Waals surface area (Å²) >= 11 is 5.72. The van der Waals surface area contributed by atoms with Crippen LogP contribution in [-0.4, -0.2) is 61.4 Å². The van der Waals surface area contributed by atoms with Crippen LogP contribution < -0.4 is 20.4 Å². The second-order valence-corrected chi connectivity index (χ2v) is 6.69. The van der Waals surface area contributed by atoms with Gasteiger partial charge in [-0.15, -0.1) is 0 Å². The third-order valence-electron chi connectivity index (χ3n) is 3.94. The van der Waals surface area contributed by atoms with Gasteiger partial charge in [-0.2, -0.15) is 15.0 Å². The molecule has 1 saturated heterocycles. The summed E-state index contributed by atoms with van der Waals surface area (Å²) in [6.07, 6.45) is 0. The van der Waals surface area contributed by atoms with Crippen molar-refractivity contribution in [3.63, 3.8) is 0 Å². The average molecular weight is 410 g/mol. The van der Waals surface area contributed by atoms with Gasteiger partial charge in [-0.1, -0.05) is 11.6 Å². The summed E-state index contributed by atoms with van der Waals surface area (Å²) in [5.41, 5.74) is 0.377. The number of amides is 2. The van der Waals surface area contributed by atoms with Crippen LogP contribution in [0.3, 0.4) is 0 Å². The number of hydrogen-bond donors (Lipinski definition) is 2. The molecule has 0 unspecified atom stereocenters. The lowest BCUT2D eigenvalue weighted by atomic mass is 10.3. The predicted molar refractivity (Wildman–Crippen MR) is 104 cm³/mol. The van der Waals surface area contributed by atoms with Gasteiger partial charge >= 0.3 is 6.03 Å². The van der Waals surface area contributed by atoms with Gasteiger partial charge in [0.1, 0.15) is 5.82 Å². The van der Waals surface area contributed by atoms with E-state index in [9.17, 15) is 9.18 Å². The van der Waals surface area contributed by atoms with E-state index in [0.29, 0.717) is 49.7 Å². The topological polar surface area (TPSA) is 95.5 Å². The lowest BCUT2D eigenvalue weighted by Gasteiger charge is -2.27. The second kappa shape index (κ2) is 8.98. The average Bonchev–Trinajstić information content (AvgIpc) is 2.69. The fourth-order valence-electron chi connectivity index (χ4n) is 2.49. The molecule has 3 rings (SSSR count). The first kappa shape index (κ1) is 20.0. The van der Waals surface area contributed by atoms with Gasteiger partial charge in [0.05, 0.1) is 24.8 Å². The highest BCUT2D eigenvalue weighted by atomic mass is 35.5. The molecule has 11 heteroatoms. The maximum Gasteiger partial charge on any atom is 0.319 e. The molecule has 0 aliphatic carbocycles. The van der Waals surface area contributed by atoms with Crippen molar-refractivity contribution in [1.29, 1.82) is 0 Å². The number of ether oxygens (including phenoxy) is 1. The molecule has 0 bridgehead atoms. The van der Waals surface area contributed by atoms with E-state index >= 15 is 0 Å². The number of halogens is 2. The van der Waals surface area contributed by atoms with Crippen molar-refractivity contribution in [1.82, 2.24) is 20.3 Å². The lowest BCUT2D eigenvalue weighted by Crippen LogP contribution is -2.38. The number of morpholine rings is 1. The smallest absolute Gasteiger partial charge is 0.319 e. The Bertz CT molecular complexity index is 846. The fraction of sp³-hybridized carbons (Fsp3) is 0.412. The maximum atomic E-state index is 13.2. The molecule has 2 aromatic rings. The van der Waals surface area contributed by atoms with Crippen molar-refractivity contribution >= 4 is 35.2 Å². The summed E-state index contributed by atoms with van der Waals surface area (Å²) < 4.78 is 18.6. The van der Waals surface area contributed by atoms with Gasteiger partial charge in [0.25, 0.3) is 0 Å². The monoisotopic (exact) mass is 409 g/mol. The number of hydrogen-bond acceptors (Lipinski definition) is 7. The Morgan fingerprint density at radius 2 is 2.04 bits per heavy atom. The van der Waals surface area contributed by atoms with Crippen molar-refractivity contribution in [3.8, 4) is 0 Å². The van der Waals surface area contributed by atoms with Crippen LogP contribution in [0.4, 0.5) is 26.8 Å². The second-order valence-electron chi connectivity index (χ2n) is 6.28. The molecule has 0 saturated carbocycles. The van der Waals surface area contributed by atoms with Crippen LogP contribution in [-0.2, 0) is 11.3 Å². The fourth-order valence-corrected chi connectivity index (χ4v) is 2.67. The predicted octanol–water partition coefficient (Wildman–Crippen LogP) is 1.89. The molecule has 2 N–H and O–H groups in total. The van der Waals surface area contributed by atoms with E-state index in [1.165, 1.54) is 18.2 Å². The number of benzene rings is 1. The van der Waals surface area contributed by atoms with Crippen LogP contribution in [0.5, 0.6) is 0 Å². The minimum absolute atomic E-state index is 0.0685. The van der Waals surface area contributed by atoms with Gasteiger partial charge in [-0.25, -0.2) is 9.18 Å². The van der Waals surface area contributed by atoms with Crippen molar-refractivity contribution in [2.75, 3.05) is 55.5 Å². The quantitative estimate of drug-likeness (QED) is 0.778. The minimum Gasteiger partial charge on any atom is -0.378 e. The van der Waals surface area contributed by atoms with Crippen LogP contribution in [0, 0.1) is 5.82 Å². The number of rotatable bonds is 5. The molecule has 0 spiro atoms. The van der Waals surface area contributed by atoms with E-state index in [-0.39, 0.29) is 11.6 Å². The van der Waals surface area contributed by atoms with E-state index in [2.05, 4.69) is 25.6 Å². The minimum atomic E-state index is -0.551. The van der Waals surface area contributed by atoms with Crippen molar-refractivity contribution < 1.29 is 13.9 Å². The van der Waals surface area contributed by atoms with Crippen LogP contribution in [0.15, 0.2) is 18.2 Å². The van der Waals surface area contributed by atoms with Gasteiger partial charge in [-0.05, 0) is 18.2 Å². The first-order chi connectivity index (χ1) is 13.4. The van der Waals surface area contributed by atoms with Gasteiger partial charge in [-0.3, -0.25) is 0 Å². The number of urea groups is 1. The largest absolute Gasteiger partial charge is 0.378 e. The van der Waals surface area contributed by atoms with E-state index in [1.807, 2.05) is 19.0 Å². The van der Waals surface area contributed by atoms with Crippen LogP contribution in [0.2, 0.25) is 5.02 Å². The van der Waals surface area contributed by atoms with Gasteiger partial charge < -0.3 is 25.2 Å². The molecular formula is C17H21ClFN7O2. The molecule has 2 amide bonds. The Hall–Kier alpha value is -2.72. The van der Waals surface area contributed by atoms with Crippen molar-refractivity contribution in [2.45, 2.75) is 6.54 Å². The van der Waals surface area contributed by atoms with E-state index < -0.39 is 11.8 Å². The zero-order chi connectivity index (χ0) is 20.1. The third kappa shape index (κ3) is 5.17. The molecule has 9 nitrogen and oxygen atoms in total. The Morgan fingerprint density at radius 3 is 2.71 bits per heavy atom. The Balaban J connectivity index is 1.67. The van der Waals surface area contributed by atoms with E-state index in [1.54, 1.807) is 4.90 Å². The number of anilines is 3. The van der Waals surface area contributed by atoms with Crippen LogP contribution in [0.1, 0.15) is 5.82 Å². The summed E-state index contributed by atoms with van der Waals surface area (Å²) in [6, 6.07) is 3.45. The normalized spacial score (nSPS) is 13.9. The highest BCUT2D eigenvalue weighted by Crippen LogP contribution is 2.19. The zero-order valence-corrected chi connectivity index (χ0v) is 16.3. The highest BCUT2D eigenvalue weighted by Gasteiger charge is 2.17. The number of carbonyl (C=O) groups is 1. The molecule has 0 radical (unpaired) electrons. The standard InChI is InChI=1S/C17H21ClFN7O2/c1-25(2)15-22-14(23-16(24-15)26-5-7-28-8-6-26)10-20-17(27)21-11-3-4-13(19)12(18)9-11/h3-4,9H,5-8,10H2,1-2H3,(H2,20,21,27). The SMILES string of the molecule is CN(C)c1nc(CNC(=O)Nc2ccc(F)c(Cl)c2)nc(N2CCOCC2)n1. The molecule has 28 heavy (non-hydrogen) atoms. The number of nitrogens with zero attached hydrogens (tertiary/aromatic N) is 5. The molecule has 150 valence electrons. The Morgan fingerprint density at radius 1 is 1.29 bits per heavy atom. The summed E-state index contributed by atoms with van der Waals surface area (Å²) in [5.74, 6) is 0.917. The molecule has 2 heterocycles. The molecule has 0 atom stereocenters. The summed E-state index contributed by atoms with van der Waals surface area (Å²) in [5, 5.41) is 5.19. The molecule has 1 aromatic carbocycles. The molecule has 1 aromatic heterocycles. The number of carbonyl (C=O) groups excluding carboxylic acids is 1. The van der Waals surface area contributed by atoms with E-state index in [0.717, 1.165) is 0 Å². The van der Waals surface area contributed by atoms with Crippen LogP contribution >= 0.6 is 11.6 Å². The Labute approximate surface area is 166 Å². The molecular weight excluding hydrogens is 389 g/mol. The van der Waals surface area contributed by atoms with Crippen molar-refractivity contribution in [3.05, 3.63) is 34.9 Å². The van der Waals surface area contributed by atoms with E-state index in [4.69, 9.17) is 16.3 Å². The lowest BCUT2D eigenvalue weighted by molar-refractivity contribution is 0.122. The summed E-state index contributed by atoms with van der Waals surface area (Å²) in [4.78, 5) is 29.2. The van der Waals surface area contributed by atoms with Gasteiger partial charge in [0.15, 0.2) is 5.82 Å². The van der Waals surface area contributed by atoms with Crippen molar-refractivity contribution in [2.24, 2.45) is 0 Å². The number of aromatic nitrogens is 3. The third-order valence-corrected chi connectivity index (χ3v) is 4.23. The van der Waals surface area contributed by atoms with Gasteiger partial charge in [0.2, 0.25) is 11.9 Å². The summed E-state index contributed by atoms with van der Waals surface area (Å²) in [7, 11) is 3.67. The molecule has 1 aliphatic heterocycles. The first-order valence-corrected chi connectivity index (χ1v) is 9.05. The maximum absolute atomic E-state index is 13.2. The molecule has 1 aliphatic rings. The van der Waals surface area contributed by atoms with Crippen LogP contribution in [0.25, 0.3) is 0 Å². The first-order valence-electron chi connectivity index (χ1n) is 8.67. The summed E-state index contributed by atoms with van der Waals surface area (Å²) in [6.45, 7) is 2.70. The molecule has 1 fully saturated rings. The number of nitrogens with one attached hydrogen (secondary N) is 2. The highest BCUT2D eigenvalue weighted by molar-refractivity contribution is 6.31. The Kier molecular flexibility index (Phi) is 6.42. The zero-order valence-electron chi connectivity index (χ0n) is 15.6. The van der Waals surface area contributed by atoms with Gasteiger partial charge in [0, 0.05) is 32.9 Å².